The Kier molecular flexibility index (Phi) is 19.4. The Bertz CT molecular complexity index is 156. The van der Waals surface area contributed by atoms with Crippen LogP contribution in [0.1, 0.15) is 0 Å². The second-order valence-electron chi connectivity index (χ2n) is 2.17. The van der Waals surface area contributed by atoms with E-state index >= 15 is 0 Å². The summed E-state index contributed by atoms with van der Waals surface area (Å²) in [5.41, 5.74) is 7.94. The van der Waals surface area contributed by atoms with Crippen molar-refractivity contribution >= 4 is 11.8 Å². The molecule has 0 spiro atoms. The van der Waals surface area contributed by atoms with Crippen LogP contribution >= 0.6 is 11.8 Å². The van der Waals surface area contributed by atoms with Gasteiger partial charge in [0, 0.05) is 17.2 Å². The molecule has 0 aromatic heterocycles. The van der Waals surface area contributed by atoms with Crippen LogP contribution in [0, 0.1) is 0 Å². The molecule has 0 atom stereocenters. The molecule has 0 radical (unpaired) electrons. The van der Waals surface area contributed by atoms with E-state index in [-0.39, 0.29) is 29.6 Å². The Labute approximate surface area is 111 Å². The largest absolute Gasteiger partial charge is 1.00 e. The molecule has 76 valence electrons. The normalized spacial score (nSPS) is 8.93. The fourth-order valence-electron chi connectivity index (χ4n) is 0.614. The summed E-state index contributed by atoms with van der Waals surface area (Å²) in [6.45, 7) is 2.80. The van der Waals surface area contributed by atoms with Crippen molar-refractivity contribution in [2.75, 3.05) is 45.0 Å². The van der Waals surface area contributed by atoms with Gasteiger partial charge >= 0.3 is 29.6 Å². The molecule has 0 aliphatic heterocycles. The first-order valence-corrected chi connectivity index (χ1v) is 5.46. The maximum Gasteiger partial charge on any atom is 1.00 e. The SMILES string of the molecule is CSCCOCCOCCN=[N+]=[N-].[Na+]. The van der Waals surface area contributed by atoms with Crippen LogP contribution < -0.4 is 29.6 Å². The molecule has 0 amide bonds. The van der Waals surface area contributed by atoms with Crippen LogP contribution in [0.3, 0.4) is 0 Å². The molecule has 0 saturated carbocycles. The van der Waals surface area contributed by atoms with Gasteiger partial charge in [-0.2, -0.15) is 11.8 Å². The number of azide groups is 1. The van der Waals surface area contributed by atoms with Gasteiger partial charge < -0.3 is 9.47 Å². The van der Waals surface area contributed by atoms with Crippen molar-refractivity contribution in [3.8, 4) is 0 Å². The van der Waals surface area contributed by atoms with Gasteiger partial charge in [-0.1, -0.05) is 5.11 Å². The van der Waals surface area contributed by atoms with Crippen LogP contribution in [-0.2, 0) is 9.47 Å². The van der Waals surface area contributed by atoms with Crippen LogP contribution in [0.25, 0.3) is 10.4 Å². The molecular weight excluding hydrogens is 213 g/mol. The van der Waals surface area contributed by atoms with Gasteiger partial charge in [0.2, 0.25) is 0 Å². The Morgan fingerprint density at radius 1 is 1.21 bits per heavy atom. The number of rotatable bonds is 9. The van der Waals surface area contributed by atoms with Gasteiger partial charge in [0.15, 0.2) is 0 Å². The summed E-state index contributed by atoms with van der Waals surface area (Å²) in [6.07, 6.45) is 2.04. The fourth-order valence-corrected chi connectivity index (χ4v) is 0.899. The predicted molar refractivity (Wildman–Crippen MR) is 54.0 cm³/mol. The van der Waals surface area contributed by atoms with E-state index in [2.05, 4.69) is 10.0 Å². The van der Waals surface area contributed by atoms with Crippen molar-refractivity contribution in [1.29, 1.82) is 0 Å². The first-order chi connectivity index (χ1) is 6.41. The summed E-state index contributed by atoms with van der Waals surface area (Å²) in [5, 5.41) is 3.33. The molecule has 0 rings (SSSR count). The van der Waals surface area contributed by atoms with E-state index in [1.165, 1.54) is 0 Å². The van der Waals surface area contributed by atoms with Crippen molar-refractivity contribution < 1.29 is 39.0 Å². The summed E-state index contributed by atoms with van der Waals surface area (Å²) in [5.74, 6) is 1.01. The Balaban J connectivity index is 0. The minimum Gasteiger partial charge on any atom is -0.379 e. The van der Waals surface area contributed by atoms with Gasteiger partial charge in [-0.25, -0.2) is 0 Å². The van der Waals surface area contributed by atoms with E-state index in [9.17, 15) is 0 Å². The summed E-state index contributed by atoms with van der Waals surface area (Å²) >= 11 is 1.76. The standard InChI is InChI=1S/C7H15N3O2S.Na/c1-13-7-6-12-5-4-11-3-2-9-10-8;/h2-7H2,1H3;/q;+1. The number of ether oxygens (including phenoxy) is 2. The van der Waals surface area contributed by atoms with E-state index in [0.717, 1.165) is 12.4 Å². The smallest absolute Gasteiger partial charge is 0.379 e. The topological polar surface area (TPSA) is 67.2 Å². The molecular formula is C7H15N3NaO2S+. The van der Waals surface area contributed by atoms with E-state index in [0.29, 0.717) is 26.4 Å². The van der Waals surface area contributed by atoms with Gasteiger partial charge in [0.1, 0.15) is 0 Å². The number of nitrogens with zero attached hydrogens (tertiary/aromatic N) is 3. The average Bonchev–Trinajstić information content (AvgIpc) is 2.16. The molecule has 0 bridgehead atoms. The van der Waals surface area contributed by atoms with Crippen molar-refractivity contribution in [3.05, 3.63) is 10.4 Å². The maximum absolute atomic E-state index is 7.94. The average molecular weight is 228 g/mol. The van der Waals surface area contributed by atoms with Crippen LogP contribution in [0.4, 0.5) is 0 Å². The summed E-state index contributed by atoms with van der Waals surface area (Å²) in [7, 11) is 0. The zero-order chi connectivity index (χ0) is 9.78. The molecule has 5 nitrogen and oxygen atoms in total. The number of thioether (sulfide) groups is 1. The first-order valence-electron chi connectivity index (χ1n) is 4.07. The van der Waals surface area contributed by atoms with Gasteiger partial charge in [-0.3, -0.25) is 0 Å². The third kappa shape index (κ3) is 15.1. The Hall–Kier alpha value is 0.580. The van der Waals surface area contributed by atoms with Crippen molar-refractivity contribution in [2.24, 2.45) is 5.11 Å². The summed E-state index contributed by atoms with van der Waals surface area (Å²) < 4.78 is 10.4. The molecule has 0 unspecified atom stereocenters. The van der Waals surface area contributed by atoms with Crippen molar-refractivity contribution in [3.63, 3.8) is 0 Å². The predicted octanol–water partition coefficient (Wildman–Crippen LogP) is -1.30. The molecule has 0 N–H and O–H groups in total. The zero-order valence-corrected chi connectivity index (χ0v) is 11.6. The number of hydrogen-bond donors (Lipinski definition) is 0. The molecule has 0 aliphatic carbocycles. The quantitative estimate of drug-likeness (QED) is 0.162. The van der Waals surface area contributed by atoms with E-state index in [1.54, 1.807) is 11.8 Å². The molecule has 0 heterocycles. The summed E-state index contributed by atoms with van der Waals surface area (Å²) in [4.78, 5) is 2.60. The van der Waals surface area contributed by atoms with E-state index in [4.69, 9.17) is 15.0 Å². The van der Waals surface area contributed by atoms with E-state index < -0.39 is 0 Å². The second-order valence-corrected chi connectivity index (χ2v) is 3.16. The van der Waals surface area contributed by atoms with Gasteiger partial charge in [-0.15, -0.1) is 0 Å². The second kappa shape index (κ2) is 16.0. The Morgan fingerprint density at radius 3 is 2.43 bits per heavy atom. The monoisotopic (exact) mass is 228 g/mol. The number of hydrogen-bond acceptors (Lipinski definition) is 4. The molecule has 0 aromatic rings. The van der Waals surface area contributed by atoms with Crippen molar-refractivity contribution in [2.45, 2.75) is 0 Å². The molecule has 7 heteroatoms. The van der Waals surface area contributed by atoms with E-state index in [1.807, 2.05) is 6.26 Å². The molecule has 0 fully saturated rings. The third-order valence-electron chi connectivity index (χ3n) is 1.20. The molecule has 0 aromatic carbocycles. The molecule has 0 saturated heterocycles. The van der Waals surface area contributed by atoms with Crippen molar-refractivity contribution in [1.82, 2.24) is 0 Å². The molecule has 0 aliphatic rings. The van der Waals surface area contributed by atoms with Gasteiger partial charge in [-0.05, 0) is 11.8 Å². The first kappa shape index (κ1) is 17.0. The van der Waals surface area contributed by atoms with Crippen LogP contribution in [0.15, 0.2) is 5.11 Å². The summed E-state index contributed by atoms with van der Waals surface area (Å²) in [6, 6.07) is 0. The Morgan fingerprint density at radius 2 is 1.86 bits per heavy atom. The van der Waals surface area contributed by atoms with Gasteiger partial charge in [0.05, 0.1) is 26.4 Å². The third-order valence-corrected chi connectivity index (χ3v) is 1.78. The van der Waals surface area contributed by atoms with Gasteiger partial charge in [0.25, 0.3) is 0 Å². The van der Waals surface area contributed by atoms with Crippen LogP contribution in [0.2, 0.25) is 0 Å². The van der Waals surface area contributed by atoms with Crippen LogP contribution in [-0.4, -0.2) is 45.0 Å². The fraction of sp³-hybridized carbons (Fsp3) is 1.00. The maximum atomic E-state index is 7.94. The molecule has 14 heavy (non-hydrogen) atoms. The van der Waals surface area contributed by atoms with Crippen LogP contribution in [0.5, 0.6) is 0 Å². The zero-order valence-electron chi connectivity index (χ0n) is 8.81. The minimum absolute atomic E-state index is 0. The minimum atomic E-state index is 0.